The SMILES string of the molecule is N#CC1=NC(=O)NC1C(N)=O. The second kappa shape index (κ2) is 2.38. The van der Waals surface area contributed by atoms with Crippen molar-refractivity contribution in [2.45, 2.75) is 6.04 Å². The summed E-state index contributed by atoms with van der Waals surface area (Å²) in [6, 6.07) is -0.160. The molecule has 0 aromatic rings. The molecule has 0 saturated heterocycles. The third-order valence-corrected chi connectivity index (χ3v) is 1.16. The minimum Gasteiger partial charge on any atom is -0.368 e. The van der Waals surface area contributed by atoms with E-state index in [-0.39, 0.29) is 5.71 Å². The van der Waals surface area contributed by atoms with Crippen molar-refractivity contribution >= 4 is 17.6 Å². The van der Waals surface area contributed by atoms with Gasteiger partial charge in [-0.05, 0) is 0 Å². The van der Waals surface area contributed by atoms with E-state index in [9.17, 15) is 9.59 Å². The highest BCUT2D eigenvalue weighted by Crippen LogP contribution is 1.97. The van der Waals surface area contributed by atoms with Crippen LogP contribution in [0.1, 0.15) is 0 Å². The van der Waals surface area contributed by atoms with Crippen LogP contribution >= 0.6 is 0 Å². The molecular weight excluding hydrogens is 148 g/mol. The molecule has 3 amide bonds. The Morgan fingerprint density at radius 3 is 2.82 bits per heavy atom. The van der Waals surface area contributed by atoms with Gasteiger partial charge in [-0.3, -0.25) is 4.79 Å². The molecule has 3 N–H and O–H groups in total. The van der Waals surface area contributed by atoms with Crippen LogP contribution in [0.4, 0.5) is 4.79 Å². The molecule has 1 atom stereocenters. The fourth-order valence-corrected chi connectivity index (χ4v) is 0.693. The van der Waals surface area contributed by atoms with Gasteiger partial charge in [0.15, 0.2) is 11.8 Å². The normalized spacial score (nSPS) is 21.9. The number of hydrogen-bond donors (Lipinski definition) is 2. The molecule has 0 aliphatic carbocycles. The van der Waals surface area contributed by atoms with Crippen LogP contribution in [0.25, 0.3) is 0 Å². The molecule has 1 rings (SSSR count). The number of nitrogens with one attached hydrogen (secondary N) is 1. The predicted octanol–water partition coefficient (Wildman–Crippen LogP) is -1.47. The summed E-state index contributed by atoms with van der Waals surface area (Å²) in [6.45, 7) is 0. The Bertz CT molecular complexity index is 287. The summed E-state index contributed by atoms with van der Waals surface area (Å²) in [4.78, 5) is 24.2. The molecule has 1 aliphatic rings. The van der Waals surface area contributed by atoms with Gasteiger partial charge in [-0.1, -0.05) is 0 Å². The zero-order chi connectivity index (χ0) is 8.43. The fourth-order valence-electron chi connectivity index (χ4n) is 0.693. The molecule has 0 saturated carbocycles. The van der Waals surface area contributed by atoms with Gasteiger partial charge in [-0.2, -0.15) is 10.3 Å². The molecular formula is C5H4N4O2. The van der Waals surface area contributed by atoms with Crippen molar-refractivity contribution in [3.05, 3.63) is 0 Å². The van der Waals surface area contributed by atoms with Crippen molar-refractivity contribution < 1.29 is 9.59 Å². The van der Waals surface area contributed by atoms with Crippen LogP contribution in [0.15, 0.2) is 4.99 Å². The predicted molar refractivity (Wildman–Crippen MR) is 34.6 cm³/mol. The second-order valence-corrected chi connectivity index (χ2v) is 1.89. The van der Waals surface area contributed by atoms with Crippen LogP contribution in [0, 0.1) is 11.3 Å². The number of hydrogen-bond acceptors (Lipinski definition) is 3. The smallest absolute Gasteiger partial charge is 0.342 e. The summed E-state index contributed by atoms with van der Waals surface area (Å²) < 4.78 is 0. The van der Waals surface area contributed by atoms with Crippen LogP contribution in [0.3, 0.4) is 0 Å². The summed E-state index contributed by atoms with van der Waals surface area (Å²) in [5.74, 6) is -0.781. The van der Waals surface area contributed by atoms with E-state index in [1.54, 1.807) is 6.07 Å². The average Bonchev–Trinajstić information content (AvgIpc) is 2.30. The van der Waals surface area contributed by atoms with Crippen molar-refractivity contribution in [3.8, 4) is 6.07 Å². The van der Waals surface area contributed by atoms with Crippen LogP contribution in [0.2, 0.25) is 0 Å². The topological polar surface area (TPSA) is 108 Å². The summed E-state index contributed by atoms with van der Waals surface area (Å²) in [7, 11) is 0. The fraction of sp³-hybridized carbons (Fsp3) is 0.200. The minimum absolute atomic E-state index is 0.178. The largest absolute Gasteiger partial charge is 0.368 e. The maximum Gasteiger partial charge on any atom is 0.342 e. The highest BCUT2D eigenvalue weighted by atomic mass is 16.2. The first-order valence-corrected chi connectivity index (χ1v) is 2.73. The van der Waals surface area contributed by atoms with Gasteiger partial charge in [0.2, 0.25) is 5.91 Å². The van der Waals surface area contributed by atoms with E-state index in [1.807, 2.05) is 0 Å². The molecule has 0 radical (unpaired) electrons. The van der Waals surface area contributed by atoms with Crippen molar-refractivity contribution in [3.63, 3.8) is 0 Å². The van der Waals surface area contributed by atoms with Crippen LogP contribution in [0.5, 0.6) is 0 Å². The Hall–Kier alpha value is -1.90. The van der Waals surface area contributed by atoms with E-state index in [0.717, 1.165) is 0 Å². The number of nitrogens with two attached hydrogens (primary N) is 1. The molecule has 1 aliphatic heterocycles. The van der Waals surface area contributed by atoms with Gasteiger partial charge in [0.1, 0.15) is 6.07 Å². The summed E-state index contributed by atoms with van der Waals surface area (Å²) in [6.07, 6.45) is 0. The Labute approximate surface area is 61.7 Å². The molecule has 11 heavy (non-hydrogen) atoms. The molecule has 0 fully saturated rings. The lowest BCUT2D eigenvalue weighted by molar-refractivity contribution is -0.118. The highest BCUT2D eigenvalue weighted by molar-refractivity contribution is 6.22. The lowest BCUT2D eigenvalue weighted by Crippen LogP contribution is -2.43. The van der Waals surface area contributed by atoms with E-state index < -0.39 is 18.0 Å². The monoisotopic (exact) mass is 152 g/mol. The molecule has 56 valence electrons. The van der Waals surface area contributed by atoms with Gasteiger partial charge in [0.25, 0.3) is 0 Å². The van der Waals surface area contributed by atoms with Crippen LogP contribution in [-0.4, -0.2) is 23.7 Å². The molecule has 0 aromatic carbocycles. The lowest BCUT2D eigenvalue weighted by Gasteiger charge is -2.01. The second-order valence-electron chi connectivity index (χ2n) is 1.89. The highest BCUT2D eigenvalue weighted by Gasteiger charge is 2.30. The van der Waals surface area contributed by atoms with Gasteiger partial charge in [0, 0.05) is 0 Å². The number of nitriles is 1. The number of aliphatic imine (C=N–C) groups is 1. The van der Waals surface area contributed by atoms with Crippen molar-refractivity contribution in [1.29, 1.82) is 5.26 Å². The first-order chi connectivity index (χ1) is 5.15. The molecule has 6 heteroatoms. The third-order valence-electron chi connectivity index (χ3n) is 1.16. The van der Waals surface area contributed by atoms with E-state index in [4.69, 9.17) is 11.0 Å². The Morgan fingerprint density at radius 1 is 1.82 bits per heavy atom. The number of rotatable bonds is 1. The minimum atomic E-state index is -1.05. The number of carbonyl (C=O) groups is 2. The Kier molecular flexibility index (Phi) is 1.56. The van der Waals surface area contributed by atoms with Crippen molar-refractivity contribution in [2.75, 3.05) is 0 Å². The third kappa shape index (κ3) is 1.16. The first-order valence-electron chi connectivity index (χ1n) is 2.73. The molecule has 0 bridgehead atoms. The van der Waals surface area contributed by atoms with E-state index in [2.05, 4.69) is 10.3 Å². The summed E-state index contributed by atoms with van der Waals surface area (Å²) in [5, 5.41) is 10.4. The Morgan fingerprint density at radius 2 is 2.45 bits per heavy atom. The number of carbonyl (C=O) groups excluding carboxylic acids is 2. The molecule has 0 spiro atoms. The van der Waals surface area contributed by atoms with E-state index in [0.29, 0.717) is 0 Å². The molecule has 6 nitrogen and oxygen atoms in total. The zero-order valence-corrected chi connectivity index (χ0v) is 5.37. The van der Waals surface area contributed by atoms with Gasteiger partial charge in [-0.25, -0.2) is 4.79 Å². The first kappa shape index (κ1) is 7.21. The van der Waals surface area contributed by atoms with Gasteiger partial charge < -0.3 is 11.1 Å². The maximum atomic E-state index is 10.5. The molecule has 0 aromatic heterocycles. The lowest BCUT2D eigenvalue weighted by atomic mass is 10.2. The van der Waals surface area contributed by atoms with Crippen molar-refractivity contribution in [1.82, 2.24) is 5.32 Å². The van der Waals surface area contributed by atoms with Crippen molar-refractivity contribution in [2.24, 2.45) is 10.7 Å². The molecule has 1 unspecified atom stereocenters. The number of urea groups is 1. The van der Waals surface area contributed by atoms with Gasteiger partial charge in [-0.15, -0.1) is 0 Å². The maximum absolute atomic E-state index is 10.5. The van der Waals surface area contributed by atoms with E-state index >= 15 is 0 Å². The van der Waals surface area contributed by atoms with Gasteiger partial charge >= 0.3 is 6.03 Å². The van der Waals surface area contributed by atoms with Gasteiger partial charge in [0.05, 0.1) is 0 Å². The van der Waals surface area contributed by atoms with Crippen LogP contribution < -0.4 is 11.1 Å². The number of amides is 3. The summed E-state index contributed by atoms with van der Waals surface area (Å²) in [5.41, 5.74) is 4.66. The number of primary amides is 1. The standard InChI is InChI=1S/C5H4N4O2/c6-1-2-3(4(7)10)9-5(11)8-2/h3H,(H2,7,10)(H,9,11). The van der Waals surface area contributed by atoms with E-state index in [1.165, 1.54) is 0 Å². The number of nitrogens with zero attached hydrogens (tertiary/aromatic N) is 2. The van der Waals surface area contributed by atoms with Crippen LogP contribution in [-0.2, 0) is 4.79 Å². The summed E-state index contributed by atoms with van der Waals surface area (Å²) >= 11 is 0. The average molecular weight is 152 g/mol. The molecule has 1 heterocycles. The Balaban J connectivity index is 2.90. The quantitative estimate of drug-likeness (QED) is 0.478. The zero-order valence-electron chi connectivity index (χ0n) is 5.37.